The van der Waals surface area contributed by atoms with Crippen LogP contribution >= 0.6 is 0 Å². The fourth-order valence-electron chi connectivity index (χ4n) is 1.15. The largest absolute Gasteiger partial charge is 0.388 e. The van der Waals surface area contributed by atoms with E-state index in [1.807, 2.05) is 19.9 Å². The van der Waals surface area contributed by atoms with Crippen LogP contribution in [0.3, 0.4) is 0 Å². The maximum atomic E-state index is 13.5. The Bertz CT molecular complexity index is 344. The molecule has 1 unspecified atom stereocenters. The molecule has 2 nitrogen and oxygen atoms in total. The minimum absolute atomic E-state index is 0.213. The van der Waals surface area contributed by atoms with Crippen LogP contribution in [0.2, 0.25) is 0 Å². The summed E-state index contributed by atoms with van der Waals surface area (Å²) in [5.74, 6) is -0.286. The molecule has 0 saturated carbocycles. The first-order valence-corrected chi connectivity index (χ1v) is 5.06. The Hall–Kier alpha value is -1.09. The van der Waals surface area contributed by atoms with Crippen molar-refractivity contribution in [1.82, 2.24) is 0 Å². The van der Waals surface area contributed by atoms with Gasteiger partial charge in [0, 0.05) is 0 Å². The van der Waals surface area contributed by atoms with Crippen molar-refractivity contribution < 1.29 is 9.50 Å². The molecule has 1 aromatic carbocycles. The number of benzene rings is 1. The number of aliphatic hydroxyl groups is 1. The molecule has 1 rings (SSSR count). The number of hydrogen-bond donors (Lipinski definition) is 2. The molecular formula is C12H18FNO. The topological polar surface area (TPSA) is 32.3 Å². The fraction of sp³-hybridized carbons (Fsp3) is 0.500. The van der Waals surface area contributed by atoms with Gasteiger partial charge in [0.15, 0.2) is 0 Å². The number of hydrogen-bond acceptors (Lipinski definition) is 2. The summed E-state index contributed by atoms with van der Waals surface area (Å²) < 4.78 is 13.5. The van der Waals surface area contributed by atoms with Crippen LogP contribution in [0.5, 0.6) is 0 Å². The Labute approximate surface area is 90.1 Å². The first-order valence-electron chi connectivity index (χ1n) is 5.06. The predicted octanol–water partition coefficient (Wildman–Crippen LogP) is 2.71. The molecular weight excluding hydrogens is 193 g/mol. The highest BCUT2D eigenvalue weighted by Gasteiger charge is 2.22. The van der Waals surface area contributed by atoms with Crippen LogP contribution in [0, 0.1) is 12.7 Å². The molecule has 0 aliphatic carbocycles. The molecule has 0 aromatic heterocycles. The third-order valence-electron chi connectivity index (χ3n) is 2.56. The molecule has 1 atom stereocenters. The second-order valence-electron chi connectivity index (χ2n) is 4.50. The molecule has 1 aromatic rings. The summed E-state index contributed by atoms with van der Waals surface area (Å²) >= 11 is 0. The highest BCUT2D eigenvalue weighted by Crippen LogP contribution is 2.19. The third-order valence-corrected chi connectivity index (χ3v) is 2.56. The zero-order chi connectivity index (χ0) is 11.6. The molecule has 0 aliphatic rings. The van der Waals surface area contributed by atoms with E-state index in [9.17, 15) is 9.50 Å². The van der Waals surface area contributed by atoms with Gasteiger partial charge in [-0.2, -0.15) is 0 Å². The molecule has 0 spiro atoms. The van der Waals surface area contributed by atoms with E-state index in [0.717, 1.165) is 5.56 Å². The summed E-state index contributed by atoms with van der Waals surface area (Å²) in [6, 6.07) is 4.78. The lowest BCUT2D eigenvalue weighted by molar-refractivity contribution is 0.0648. The van der Waals surface area contributed by atoms with E-state index in [2.05, 4.69) is 5.32 Å². The average Bonchev–Trinajstić information content (AvgIpc) is 2.08. The fourth-order valence-corrected chi connectivity index (χ4v) is 1.15. The van der Waals surface area contributed by atoms with Gasteiger partial charge >= 0.3 is 0 Å². The number of nitrogens with one attached hydrogen (secondary N) is 1. The maximum Gasteiger partial charge on any atom is 0.146 e. The lowest BCUT2D eigenvalue weighted by Gasteiger charge is -2.27. The van der Waals surface area contributed by atoms with E-state index < -0.39 is 5.60 Å². The Morgan fingerprint density at radius 2 is 2.00 bits per heavy atom. The molecule has 0 amide bonds. The van der Waals surface area contributed by atoms with Gasteiger partial charge in [-0.25, -0.2) is 4.39 Å². The van der Waals surface area contributed by atoms with Gasteiger partial charge < -0.3 is 10.4 Å². The van der Waals surface area contributed by atoms with E-state index in [1.165, 1.54) is 6.07 Å². The van der Waals surface area contributed by atoms with Gasteiger partial charge in [0.05, 0.1) is 17.3 Å². The van der Waals surface area contributed by atoms with Crippen LogP contribution in [0.25, 0.3) is 0 Å². The van der Waals surface area contributed by atoms with Crippen LogP contribution in [-0.2, 0) is 0 Å². The van der Waals surface area contributed by atoms with E-state index in [1.54, 1.807) is 19.9 Å². The van der Waals surface area contributed by atoms with Crippen LogP contribution in [0.15, 0.2) is 18.2 Å². The molecule has 84 valence electrons. The standard InChI is InChI=1S/C12H18FNO/c1-8-5-6-11(10(13)7-8)14-9(2)12(3,4)15/h5-7,9,14-15H,1-4H3. The molecule has 15 heavy (non-hydrogen) atoms. The van der Waals surface area contributed by atoms with Crippen LogP contribution in [-0.4, -0.2) is 16.7 Å². The Balaban J connectivity index is 2.82. The lowest BCUT2D eigenvalue weighted by atomic mass is 10.0. The summed E-state index contributed by atoms with van der Waals surface area (Å²) in [5, 5.41) is 12.7. The zero-order valence-electron chi connectivity index (χ0n) is 9.63. The quantitative estimate of drug-likeness (QED) is 0.805. The molecule has 0 aliphatic heterocycles. The highest BCUT2D eigenvalue weighted by atomic mass is 19.1. The summed E-state index contributed by atoms with van der Waals surface area (Å²) in [7, 11) is 0. The third kappa shape index (κ3) is 3.20. The predicted molar refractivity (Wildman–Crippen MR) is 60.5 cm³/mol. The molecule has 2 N–H and O–H groups in total. The second kappa shape index (κ2) is 4.19. The molecule has 0 saturated heterocycles. The number of rotatable bonds is 3. The average molecular weight is 211 g/mol. The van der Waals surface area contributed by atoms with E-state index in [0.29, 0.717) is 5.69 Å². The number of halogens is 1. The van der Waals surface area contributed by atoms with Gasteiger partial charge in [-0.15, -0.1) is 0 Å². The van der Waals surface area contributed by atoms with Gasteiger partial charge in [0.2, 0.25) is 0 Å². The van der Waals surface area contributed by atoms with Crippen LogP contribution < -0.4 is 5.32 Å². The lowest BCUT2D eigenvalue weighted by Crippen LogP contribution is -2.39. The molecule has 0 radical (unpaired) electrons. The zero-order valence-corrected chi connectivity index (χ0v) is 9.63. The van der Waals surface area contributed by atoms with Crippen LogP contribution in [0.4, 0.5) is 10.1 Å². The summed E-state index contributed by atoms with van der Waals surface area (Å²) in [4.78, 5) is 0. The van der Waals surface area contributed by atoms with Crippen molar-refractivity contribution in [3.05, 3.63) is 29.6 Å². The monoisotopic (exact) mass is 211 g/mol. The van der Waals surface area contributed by atoms with Crippen molar-refractivity contribution in [3.63, 3.8) is 0 Å². The van der Waals surface area contributed by atoms with Crippen molar-refractivity contribution in [2.75, 3.05) is 5.32 Å². The normalized spacial score (nSPS) is 13.7. The van der Waals surface area contributed by atoms with Crippen molar-refractivity contribution in [2.45, 2.75) is 39.3 Å². The molecule has 0 heterocycles. The Morgan fingerprint density at radius 1 is 1.40 bits per heavy atom. The summed E-state index contributed by atoms with van der Waals surface area (Å²) in [6.45, 7) is 7.04. The van der Waals surface area contributed by atoms with Gasteiger partial charge in [-0.05, 0) is 45.4 Å². The van der Waals surface area contributed by atoms with Gasteiger partial charge in [-0.3, -0.25) is 0 Å². The SMILES string of the molecule is Cc1ccc(NC(C)C(C)(C)O)c(F)c1. The van der Waals surface area contributed by atoms with Crippen LogP contribution in [0.1, 0.15) is 26.3 Å². The summed E-state index contributed by atoms with van der Waals surface area (Å²) in [6.07, 6.45) is 0. The minimum atomic E-state index is -0.878. The second-order valence-corrected chi connectivity index (χ2v) is 4.50. The molecule has 0 bridgehead atoms. The maximum absolute atomic E-state index is 13.5. The summed E-state index contributed by atoms with van der Waals surface area (Å²) in [5.41, 5.74) is 0.432. The Morgan fingerprint density at radius 3 is 2.47 bits per heavy atom. The smallest absolute Gasteiger partial charge is 0.146 e. The van der Waals surface area contributed by atoms with E-state index in [4.69, 9.17) is 0 Å². The minimum Gasteiger partial charge on any atom is -0.388 e. The number of anilines is 1. The molecule has 0 fully saturated rings. The van der Waals surface area contributed by atoms with Crippen molar-refractivity contribution >= 4 is 5.69 Å². The van der Waals surface area contributed by atoms with Crippen molar-refractivity contribution in [1.29, 1.82) is 0 Å². The van der Waals surface area contributed by atoms with E-state index in [-0.39, 0.29) is 11.9 Å². The first-order chi connectivity index (χ1) is 6.80. The molecule has 3 heteroatoms. The number of aryl methyl sites for hydroxylation is 1. The highest BCUT2D eigenvalue weighted by molar-refractivity contribution is 5.47. The van der Waals surface area contributed by atoms with E-state index >= 15 is 0 Å². The first kappa shape index (κ1) is 12.0. The van der Waals surface area contributed by atoms with Crippen molar-refractivity contribution in [3.8, 4) is 0 Å². The van der Waals surface area contributed by atoms with Gasteiger partial charge in [-0.1, -0.05) is 6.07 Å². The van der Waals surface area contributed by atoms with Gasteiger partial charge in [0.1, 0.15) is 5.82 Å². The van der Waals surface area contributed by atoms with Gasteiger partial charge in [0.25, 0.3) is 0 Å². The Kier molecular flexibility index (Phi) is 3.35. The van der Waals surface area contributed by atoms with Crippen molar-refractivity contribution in [2.24, 2.45) is 0 Å².